The van der Waals surface area contributed by atoms with E-state index < -0.39 is 6.36 Å². The molecule has 0 aliphatic heterocycles. The largest absolute Gasteiger partial charge is 0.573 e. The van der Waals surface area contributed by atoms with Crippen molar-refractivity contribution in [1.82, 2.24) is 5.32 Å². The molecule has 94 valence electrons. The van der Waals surface area contributed by atoms with Gasteiger partial charge in [-0.2, -0.15) is 0 Å². The molecule has 1 atom stereocenters. The van der Waals surface area contributed by atoms with E-state index >= 15 is 0 Å². The molecule has 1 unspecified atom stereocenters. The minimum absolute atomic E-state index is 0.209. The third-order valence-corrected chi connectivity index (χ3v) is 2.15. The minimum Gasteiger partial charge on any atom is -0.406 e. The molecule has 0 heterocycles. The van der Waals surface area contributed by atoms with Gasteiger partial charge in [-0.3, -0.25) is 0 Å². The molecule has 0 aliphatic rings. The maximum Gasteiger partial charge on any atom is 0.573 e. The summed E-state index contributed by atoms with van der Waals surface area (Å²) in [6.07, 6.45) is -0.893. The molecule has 0 spiro atoms. The Morgan fingerprint density at radius 3 is 2.29 bits per heavy atom. The van der Waals surface area contributed by atoms with Crippen molar-refractivity contribution < 1.29 is 17.9 Å². The van der Waals surface area contributed by atoms with Crippen LogP contribution in [0.2, 0.25) is 0 Å². The predicted molar refractivity (Wildman–Crippen MR) is 60.7 cm³/mol. The summed E-state index contributed by atoms with van der Waals surface area (Å²) in [7, 11) is 1.83. The van der Waals surface area contributed by atoms with Gasteiger partial charge in [0.05, 0.1) is 0 Å². The molecule has 1 aromatic rings. The van der Waals surface area contributed by atoms with Gasteiger partial charge in [0, 0.05) is 6.04 Å². The van der Waals surface area contributed by atoms with Gasteiger partial charge in [-0.1, -0.05) is 24.3 Å². The van der Waals surface area contributed by atoms with Crippen LogP contribution in [0.25, 0.3) is 6.08 Å². The number of rotatable bonds is 4. The molecule has 0 amide bonds. The lowest BCUT2D eigenvalue weighted by Gasteiger charge is -2.08. The van der Waals surface area contributed by atoms with Gasteiger partial charge in [-0.25, -0.2) is 0 Å². The zero-order chi connectivity index (χ0) is 12.9. The quantitative estimate of drug-likeness (QED) is 0.879. The molecule has 0 saturated carbocycles. The number of hydrogen-bond acceptors (Lipinski definition) is 2. The molecule has 0 saturated heterocycles. The molecule has 0 aromatic heterocycles. The van der Waals surface area contributed by atoms with E-state index in [1.165, 1.54) is 12.1 Å². The molecule has 0 fully saturated rings. The number of benzene rings is 1. The Balaban J connectivity index is 2.65. The molecule has 0 bridgehead atoms. The second-order valence-corrected chi connectivity index (χ2v) is 3.55. The number of halogens is 3. The first kappa shape index (κ1) is 13.6. The molecule has 5 heteroatoms. The van der Waals surface area contributed by atoms with Crippen LogP contribution in [0.3, 0.4) is 0 Å². The average Bonchev–Trinajstić information content (AvgIpc) is 2.25. The van der Waals surface area contributed by atoms with Gasteiger partial charge < -0.3 is 10.1 Å². The van der Waals surface area contributed by atoms with Crippen molar-refractivity contribution in [3.63, 3.8) is 0 Å². The predicted octanol–water partition coefficient (Wildman–Crippen LogP) is 3.21. The highest BCUT2D eigenvalue weighted by molar-refractivity contribution is 5.51. The van der Waals surface area contributed by atoms with Crippen LogP contribution >= 0.6 is 0 Å². The Labute approximate surface area is 98.1 Å². The number of hydrogen-bond donors (Lipinski definition) is 1. The first-order valence-corrected chi connectivity index (χ1v) is 5.12. The van der Waals surface area contributed by atoms with Crippen molar-refractivity contribution >= 4 is 6.08 Å². The summed E-state index contributed by atoms with van der Waals surface area (Å²) >= 11 is 0. The monoisotopic (exact) mass is 245 g/mol. The van der Waals surface area contributed by atoms with Crippen molar-refractivity contribution in [3.05, 3.63) is 35.9 Å². The van der Waals surface area contributed by atoms with E-state index in [4.69, 9.17) is 0 Å². The summed E-state index contributed by atoms with van der Waals surface area (Å²) in [5, 5.41) is 3.02. The standard InChI is InChI=1S/C12H14F3NO/c1-9(16-2)3-4-10-5-7-11(8-6-10)17-12(13,14)15/h3-9,16H,1-2H3. The average molecular weight is 245 g/mol. The number of alkyl halides is 3. The van der Waals surface area contributed by atoms with E-state index in [9.17, 15) is 13.2 Å². The minimum atomic E-state index is -4.64. The van der Waals surface area contributed by atoms with Crippen LogP contribution in [0.5, 0.6) is 5.75 Å². The van der Waals surface area contributed by atoms with E-state index in [1.807, 2.05) is 26.1 Å². The first-order chi connectivity index (χ1) is 7.90. The summed E-state index contributed by atoms with van der Waals surface area (Å²) in [6.45, 7) is 1.97. The van der Waals surface area contributed by atoms with Crippen molar-refractivity contribution in [2.24, 2.45) is 0 Å². The van der Waals surface area contributed by atoms with Gasteiger partial charge in [0.15, 0.2) is 0 Å². The Kier molecular flexibility index (Phi) is 4.57. The van der Waals surface area contributed by atoms with E-state index in [2.05, 4.69) is 10.1 Å². The smallest absolute Gasteiger partial charge is 0.406 e. The maximum atomic E-state index is 11.9. The third-order valence-electron chi connectivity index (χ3n) is 2.15. The SMILES string of the molecule is CNC(C)C=Cc1ccc(OC(F)(F)F)cc1. The molecule has 0 aliphatic carbocycles. The molecule has 1 rings (SSSR count). The van der Waals surface area contributed by atoms with Gasteiger partial charge in [0.2, 0.25) is 0 Å². The lowest BCUT2D eigenvalue weighted by Crippen LogP contribution is -2.17. The number of ether oxygens (including phenoxy) is 1. The van der Waals surface area contributed by atoms with Crippen LogP contribution in [0.4, 0.5) is 13.2 Å². The van der Waals surface area contributed by atoms with Gasteiger partial charge in [0.25, 0.3) is 0 Å². The molecule has 0 radical (unpaired) electrons. The Bertz CT molecular complexity index is 370. The second-order valence-electron chi connectivity index (χ2n) is 3.55. The molecule has 1 N–H and O–H groups in total. The van der Waals surface area contributed by atoms with Crippen molar-refractivity contribution in [2.45, 2.75) is 19.3 Å². The Hall–Kier alpha value is -1.49. The van der Waals surface area contributed by atoms with Crippen molar-refractivity contribution in [2.75, 3.05) is 7.05 Å². The maximum absolute atomic E-state index is 11.9. The lowest BCUT2D eigenvalue weighted by atomic mass is 10.2. The van der Waals surface area contributed by atoms with Crippen LogP contribution in [0, 0.1) is 0 Å². The van der Waals surface area contributed by atoms with Crippen LogP contribution in [-0.4, -0.2) is 19.5 Å². The molecule has 17 heavy (non-hydrogen) atoms. The zero-order valence-corrected chi connectivity index (χ0v) is 9.58. The molecule has 1 aromatic carbocycles. The fourth-order valence-electron chi connectivity index (χ4n) is 1.13. The van der Waals surface area contributed by atoms with E-state index in [-0.39, 0.29) is 11.8 Å². The normalized spacial score (nSPS) is 13.9. The zero-order valence-electron chi connectivity index (χ0n) is 9.58. The van der Waals surface area contributed by atoms with Crippen LogP contribution in [0.15, 0.2) is 30.3 Å². The molecule has 2 nitrogen and oxygen atoms in total. The number of likely N-dealkylation sites (N-methyl/N-ethyl adjacent to an activating group) is 1. The highest BCUT2D eigenvalue weighted by Crippen LogP contribution is 2.22. The van der Waals surface area contributed by atoms with Crippen molar-refractivity contribution in [3.8, 4) is 5.75 Å². The van der Waals surface area contributed by atoms with Gasteiger partial charge >= 0.3 is 6.36 Å². The van der Waals surface area contributed by atoms with Crippen molar-refractivity contribution in [1.29, 1.82) is 0 Å². The topological polar surface area (TPSA) is 21.3 Å². The fraction of sp³-hybridized carbons (Fsp3) is 0.333. The van der Waals surface area contributed by atoms with Crippen LogP contribution < -0.4 is 10.1 Å². The molecular formula is C12H14F3NO. The van der Waals surface area contributed by atoms with Gasteiger partial charge in [-0.15, -0.1) is 13.2 Å². The van der Waals surface area contributed by atoms with E-state index in [0.29, 0.717) is 0 Å². The first-order valence-electron chi connectivity index (χ1n) is 5.12. The summed E-state index contributed by atoms with van der Waals surface area (Å²) in [6, 6.07) is 5.93. The highest BCUT2D eigenvalue weighted by Gasteiger charge is 2.30. The van der Waals surface area contributed by atoms with E-state index in [1.54, 1.807) is 12.1 Å². The Morgan fingerprint density at radius 2 is 1.82 bits per heavy atom. The summed E-state index contributed by atoms with van der Waals surface area (Å²) in [5.74, 6) is -0.212. The Morgan fingerprint density at radius 1 is 1.24 bits per heavy atom. The van der Waals surface area contributed by atoms with Gasteiger partial charge in [-0.05, 0) is 31.7 Å². The van der Waals surface area contributed by atoms with Crippen LogP contribution in [-0.2, 0) is 0 Å². The van der Waals surface area contributed by atoms with Crippen LogP contribution in [0.1, 0.15) is 12.5 Å². The lowest BCUT2D eigenvalue weighted by molar-refractivity contribution is -0.274. The number of nitrogens with one attached hydrogen (secondary N) is 1. The fourth-order valence-corrected chi connectivity index (χ4v) is 1.13. The summed E-state index contributed by atoms with van der Waals surface area (Å²) in [5.41, 5.74) is 0.821. The summed E-state index contributed by atoms with van der Waals surface area (Å²) < 4.78 is 39.5. The highest BCUT2D eigenvalue weighted by atomic mass is 19.4. The summed E-state index contributed by atoms with van der Waals surface area (Å²) in [4.78, 5) is 0. The van der Waals surface area contributed by atoms with Gasteiger partial charge in [0.1, 0.15) is 5.75 Å². The third kappa shape index (κ3) is 5.40. The second kappa shape index (κ2) is 5.72. The molecular weight excluding hydrogens is 231 g/mol. The van der Waals surface area contributed by atoms with E-state index in [0.717, 1.165) is 5.56 Å².